The van der Waals surface area contributed by atoms with Gasteiger partial charge in [0.25, 0.3) is 15.7 Å². The standard InChI is InChI=1S/C13H8N4O5S/c14-4-8-11(9(5-15)13(19)17-12(8)16)7-3-6(23(20,21)22)1-2-10(7)18/h1-3,18H,(H3,16,17,19)(H,20,21,22). The highest BCUT2D eigenvalue weighted by molar-refractivity contribution is 7.85. The molecule has 9 nitrogen and oxygen atoms in total. The number of nitrogens with two attached hydrogens (primary N) is 1. The maximum absolute atomic E-state index is 11.8. The minimum atomic E-state index is -4.60. The number of hydrogen-bond donors (Lipinski definition) is 4. The SMILES string of the molecule is N#Cc1c(N)[nH]c(=O)c(C#N)c1-c1cc(S(=O)(=O)O)ccc1O. The number of aromatic hydroxyl groups is 1. The van der Waals surface area contributed by atoms with Crippen LogP contribution < -0.4 is 11.3 Å². The van der Waals surface area contributed by atoms with Gasteiger partial charge >= 0.3 is 0 Å². The molecule has 2 aromatic rings. The van der Waals surface area contributed by atoms with Crippen LogP contribution in [0.15, 0.2) is 27.9 Å². The van der Waals surface area contributed by atoms with Gasteiger partial charge in [0.2, 0.25) is 0 Å². The first-order valence-electron chi connectivity index (χ1n) is 5.87. The Morgan fingerprint density at radius 1 is 1.17 bits per heavy atom. The summed E-state index contributed by atoms with van der Waals surface area (Å²) >= 11 is 0. The van der Waals surface area contributed by atoms with E-state index in [2.05, 4.69) is 4.98 Å². The van der Waals surface area contributed by atoms with Gasteiger partial charge in [-0.3, -0.25) is 9.35 Å². The number of nitrogens with zero attached hydrogens (tertiary/aromatic N) is 2. The molecule has 0 fully saturated rings. The third kappa shape index (κ3) is 2.72. The monoisotopic (exact) mass is 332 g/mol. The largest absolute Gasteiger partial charge is 0.507 e. The third-order valence-electron chi connectivity index (χ3n) is 3.00. The summed E-state index contributed by atoms with van der Waals surface area (Å²) in [6, 6.07) is 5.95. The molecule has 10 heteroatoms. The first-order chi connectivity index (χ1) is 10.7. The molecule has 1 aromatic heterocycles. The Morgan fingerprint density at radius 2 is 1.78 bits per heavy atom. The van der Waals surface area contributed by atoms with E-state index in [9.17, 15) is 23.6 Å². The molecule has 0 saturated heterocycles. The summed E-state index contributed by atoms with van der Waals surface area (Å²) in [6.07, 6.45) is 0. The second-order valence-corrected chi connectivity index (χ2v) is 5.79. The molecule has 2 rings (SSSR count). The number of hydrogen-bond acceptors (Lipinski definition) is 7. The molecule has 5 N–H and O–H groups in total. The summed E-state index contributed by atoms with van der Waals surface area (Å²) in [5, 5.41) is 28.2. The van der Waals surface area contributed by atoms with Gasteiger partial charge in [0, 0.05) is 11.1 Å². The Morgan fingerprint density at radius 3 is 2.30 bits per heavy atom. The summed E-state index contributed by atoms with van der Waals surface area (Å²) in [4.78, 5) is 13.3. The van der Waals surface area contributed by atoms with E-state index >= 15 is 0 Å². The molecule has 1 heterocycles. The molecule has 0 unspecified atom stereocenters. The van der Waals surface area contributed by atoms with E-state index < -0.39 is 31.9 Å². The summed E-state index contributed by atoms with van der Waals surface area (Å²) in [5.41, 5.74) is 3.16. The van der Waals surface area contributed by atoms with Gasteiger partial charge < -0.3 is 15.8 Å². The highest BCUT2D eigenvalue weighted by Crippen LogP contribution is 2.35. The predicted octanol–water partition coefficient (Wildman–Crippen LogP) is 0.320. The van der Waals surface area contributed by atoms with Gasteiger partial charge in [0.15, 0.2) is 0 Å². The molecule has 0 spiro atoms. The number of nitrogen functional groups attached to an aromatic ring is 1. The number of benzene rings is 1. The molecule has 0 saturated carbocycles. The molecule has 0 bridgehead atoms. The molecule has 0 atom stereocenters. The molecule has 23 heavy (non-hydrogen) atoms. The first-order valence-corrected chi connectivity index (χ1v) is 7.31. The van der Waals surface area contributed by atoms with Gasteiger partial charge in [-0.1, -0.05) is 0 Å². The fourth-order valence-electron chi connectivity index (χ4n) is 1.99. The van der Waals surface area contributed by atoms with Crippen LogP contribution in [0.2, 0.25) is 0 Å². The van der Waals surface area contributed by atoms with Crippen LogP contribution in [-0.4, -0.2) is 23.1 Å². The van der Waals surface area contributed by atoms with Crippen LogP contribution in [0.1, 0.15) is 11.1 Å². The molecule has 0 radical (unpaired) electrons. The molecule has 0 aliphatic heterocycles. The Balaban J connectivity index is 3.02. The minimum absolute atomic E-state index is 0.300. The number of phenols is 1. The van der Waals surface area contributed by atoms with Crippen LogP contribution in [0.3, 0.4) is 0 Å². The second-order valence-electron chi connectivity index (χ2n) is 4.37. The maximum Gasteiger partial charge on any atom is 0.294 e. The molecule has 1 aromatic carbocycles. The van der Waals surface area contributed by atoms with E-state index in [-0.39, 0.29) is 22.5 Å². The van der Waals surface area contributed by atoms with E-state index in [0.717, 1.165) is 18.2 Å². The number of pyridine rings is 1. The summed E-state index contributed by atoms with van der Waals surface area (Å²) in [5.74, 6) is -0.849. The predicted molar refractivity (Wildman–Crippen MR) is 77.8 cm³/mol. The molecular formula is C13H8N4O5S. The Kier molecular flexibility index (Phi) is 3.80. The van der Waals surface area contributed by atoms with E-state index in [1.54, 1.807) is 12.1 Å². The molecule has 0 aliphatic rings. The number of H-pyrrole nitrogens is 1. The van der Waals surface area contributed by atoms with Gasteiger partial charge in [0.1, 0.15) is 34.8 Å². The lowest BCUT2D eigenvalue weighted by Crippen LogP contribution is -2.16. The van der Waals surface area contributed by atoms with Crippen LogP contribution in [0.4, 0.5) is 5.82 Å². The Bertz CT molecular complexity index is 1060. The van der Waals surface area contributed by atoms with Crippen LogP contribution in [0, 0.1) is 22.7 Å². The normalized spacial score (nSPS) is 10.7. The van der Waals surface area contributed by atoms with Gasteiger partial charge in [-0.25, -0.2) is 0 Å². The zero-order chi connectivity index (χ0) is 17.4. The highest BCUT2D eigenvalue weighted by Gasteiger charge is 2.22. The van der Waals surface area contributed by atoms with E-state index in [0.29, 0.717) is 0 Å². The Labute approximate surface area is 129 Å². The summed E-state index contributed by atoms with van der Waals surface area (Å²) in [7, 11) is -4.60. The van der Waals surface area contributed by atoms with Crippen LogP contribution in [0.25, 0.3) is 11.1 Å². The number of anilines is 1. The number of aromatic nitrogens is 1. The lowest BCUT2D eigenvalue weighted by Gasteiger charge is -2.11. The smallest absolute Gasteiger partial charge is 0.294 e. The number of nitriles is 2. The van der Waals surface area contributed by atoms with Crippen molar-refractivity contribution >= 4 is 15.9 Å². The molecule has 0 aliphatic carbocycles. The van der Waals surface area contributed by atoms with Crippen LogP contribution in [0.5, 0.6) is 5.75 Å². The summed E-state index contributed by atoms with van der Waals surface area (Å²) in [6.45, 7) is 0. The van der Waals surface area contributed by atoms with E-state index in [4.69, 9.17) is 15.5 Å². The number of phenolic OH excluding ortho intramolecular Hbond substituents is 1. The Hall–Kier alpha value is -3.34. The highest BCUT2D eigenvalue weighted by atomic mass is 32.2. The van der Waals surface area contributed by atoms with E-state index in [1.165, 1.54) is 0 Å². The minimum Gasteiger partial charge on any atom is -0.507 e. The number of nitrogens with one attached hydrogen (secondary N) is 1. The first kappa shape index (κ1) is 16.0. The second kappa shape index (κ2) is 5.46. The van der Waals surface area contributed by atoms with Gasteiger partial charge in [0.05, 0.1) is 4.90 Å². The third-order valence-corrected chi connectivity index (χ3v) is 3.85. The lowest BCUT2D eigenvalue weighted by molar-refractivity contribution is 0.474. The van der Waals surface area contributed by atoms with Crippen molar-refractivity contribution in [3.05, 3.63) is 39.7 Å². The van der Waals surface area contributed by atoms with Crippen molar-refractivity contribution in [2.75, 3.05) is 5.73 Å². The van der Waals surface area contributed by atoms with Gasteiger partial charge in [-0.05, 0) is 18.2 Å². The number of rotatable bonds is 2. The quantitative estimate of drug-likeness (QED) is 0.567. The fraction of sp³-hybridized carbons (Fsp3) is 0. The van der Waals surface area contributed by atoms with Crippen molar-refractivity contribution in [2.24, 2.45) is 0 Å². The van der Waals surface area contributed by atoms with Crippen LogP contribution in [-0.2, 0) is 10.1 Å². The van der Waals surface area contributed by atoms with Crippen molar-refractivity contribution < 1.29 is 18.1 Å². The van der Waals surface area contributed by atoms with Crippen molar-refractivity contribution in [1.29, 1.82) is 10.5 Å². The average molecular weight is 332 g/mol. The van der Waals surface area contributed by atoms with E-state index in [1.807, 2.05) is 0 Å². The van der Waals surface area contributed by atoms with Crippen molar-refractivity contribution in [3.63, 3.8) is 0 Å². The lowest BCUT2D eigenvalue weighted by atomic mass is 9.96. The maximum atomic E-state index is 11.8. The molecular weight excluding hydrogens is 324 g/mol. The molecule has 116 valence electrons. The topological polar surface area (TPSA) is 181 Å². The zero-order valence-corrected chi connectivity index (χ0v) is 12.0. The molecule has 0 amide bonds. The van der Waals surface area contributed by atoms with Crippen molar-refractivity contribution in [2.45, 2.75) is 4.90 Å². The van der Waals surface area contributed by atoms with Crippen molar-refractivity contribution in [3.8, 4) is 29.0 Å². The van der Waals surface area contributed by atoms with Crippen LogP contribution >= 0.6 is 0 Å². The zero-order valence-electron chi connectivity index (χ0n) is 11.2. The van der Waals surface area contributed by atoms with Gasteiger partial charge in [-0.2, -0.15) is 18.9 Å². The fourth-order valence-corrected chi connectivity index (χ4v) is 2.50. The average Bonchev–Trinajstić information content (AvgIpc) is 2.46. The summed E-state index contributed by atoms with van der Waals surface area (Å²) < 4.78 is 31.5. The number of aromatic amines is 1. The van der Waals surface area contributed by atoms with Gasteiger partial charge in [-0.15, -0.1) is 0 Å². The van der Waals surface area contributed by atoms with Crippen molar-refractivity contribution in [1.82, 2.24) is 4.98 Å².